The van der Waals surface area contributed by atoms with Crippen molar-refractivity contribution < 1.29 is 19.1 Å². The largest absolute Gasteiger partial charge is 0.496 e. The van der Waals surface area contributed by atoms with Gasteiger partial charge >= 0.3 is 6.03 Å². The summed E-state index contributed by atoms with van der Waals surface area (Å²) < 4.78 is 7.23. The maximum atomic E-state index is 13.8. The molecule has 1 aliphatic rings. The van der Waals surface area contributed by atoms with E-state index in [0.29, 0.717) is 17.0 Å². The summed E-state index contributed by atoms with van der Waals surface area (Å²) in [7, 11) is 1.52. The molecule has 10 nitrogen and oxygen atoms in total. The molecule has 2 heterocycles. The van der Waals surface area contributed by atoms with E-state index in [2.05, 4.69) is 10.4 Å². The molecule has 34 heavy (non-hydrogen) atoms. The van der Waals surface area contributed by atoms with E-state index in [4.69, 9.17) is 10.5 Å². The van der Waals surface area contributed by atoms with Crippen LogP contribution in [0.1, 0.15) is 22.8 Å². The van der Waals surface area contributed by atoms with Crippen LogP contribution in [0.3, 0.4) is 0 Å². The number of amides is 4. The van der Waals surface area contributed by atoms with Crippen LogP contribution in [-0.2, 0) is 11.3 Å². The maximum absolute atomic E-state index is 13.8. The molecule has 0 fully saturated rings. The Morgan fingerprint density at radius 1 is 1.18 bits per heavy atom. The number of benzene rings is 2. The van der Waals surface area contributed by atoms with Crippen molar-refractivity contribution in [1.82, 2.24) is 20.0 Å². The number of urea groups is 1. The molecule has 0 saturated carbocycles. The van der Waals surface area contributed by atoms with Gasteiger partial charge in [0, 0.05) is 43.3 Å². The van der Waals surface area contributed by atoms with Crippen molar-refractivity contribution >= 4 is 23.5 Å². The van der Waals surface area contributed by atoms with Gasteiger partial charge in [-0.3, -0.25) is 9.59 Å². The number of nitrogens with one attached hydrogen (secondary N) is 1. The number of carbonyl (C=O) groups excluding carboxylic acids is 3. The van der Waals surface area contributed by atoms with Gasteiger partial charge in [-0.15, -0.1) is 0 Å². The first-order chi connectivity index (χ1) is 16.4. The highest BCUT2D eigenvalue weighted by Crippen LogP contribution is 2.31. The van der Waals surface area contributed by atoms with E-state index < -0.39 is 11.9 Å². The number of rotatable bonds is 5. The van der Waals surface area contributed by atoms with Gasteiger partial charge in [-0.2, -0.15) is 5.10 Å². The van der Waals surface area contributed by atoms with Crippen LogP contribution >= 0.6 is 0 Å². The second-order valence-corrected chi connectivity index (χ2v) is 7.98. The zero-order valence-electron chi connectivity index (χ0n) is 19.0. The number of hydrogen-bond donors (Lipinski definition) is 2. The second-order valence-electron chi connectivity index (χ2n) is 7.98. The van der Waals surface area contributed by atoms with Crippen molar-refractivity contribution in [2.24, 2.45) is 5.73 Å². The van der Waals surface area contributed by atoms with Gasteiger partial charge in [-0.25, -0.2) is 9.48 Å². The maximum Gasteiger partial charge on any atom is 0.318 e. The fourth-order valence-electron chi connectivity index (χ4n) is 4.00. The SMILES string of the molecule is COc1cc(-n2cccn2)ccc1C(=O)N1C[C@@H](C)N(C(=O)NCC(N)=O)Cc2ccccc21. The molecular weight excluding hydrogens is 436 g/mol. The zero-order chi connectivity index (χ0) is 24.2. The highest BCUT2D eigenvalue weighted by Gasteiger charge is 2.32. The van der Waals surface area contributed by atoms with Crippen LogP contribution in [0.25, 0.3) is 5.69 Å². The number of methoxy groups -OCH3 is 1. The Balaban J connectivity index is 1.67. The van der Waals surface area contributed by atoms with Gasteiger partial charge < -0.3 is 25.6 Å². The van der Waals surface area contributed by atoms with Crippen LogP contribution in [0, 0.1) is 0 Å². The van der Waals surface area contributed by atoms with Gasteiger partial charge in [0.05, 0.1) is 24.9 Å². The molecule has 3 aromatic rings. The zero-order valence-corrected chi connectivity index (χ0v) is 19.0. The first-order valence-electron chi connectivity index (χ1n) is 10.8. The molecule has 0 bridgehead atoms. The quantitative estimate of drug-likeness (QED) is 0.600. The van der Waals surface area contributed by atoms with Crippen molar-refractivity contribution in [3.8, 4) is 11.4 Å². The van der Waals surface area contributed by atoms with E-state index in [1.165, 1.54) is 7.11 Å². The van der Waals surface area contributed by atoms with E-state index in [-0.39, 0.29) is 31.6 Å². The Hall–Kier alpha value is -4.34. The Labute approximate surface area is 196 Å². The van der Waals surface area contributed by atoms with Crippen molar-refractivity contribution in [1.29, 1.82) is 0 Å². The number of nitrogens with zero attached hydrogens (tertiary/aromatic N) is 4. The second kappa shape index (κ2) is 9.65. The van der Waals surface area contributed by atoms with Gasteiger partial charge in [0.15, 0.2) is 0 Å². The summed E-state index contributed by atoms with van der Waals surface area (Å²) in [6.45, 7) is 2.13. The predicted molar refractivity (Wildman–Crippen MR) is 126 cm³/mol. The van der Waals surface area contributed by atoms with Gasteiger partial charge in [0.2, 0.25) is 5.91 Å². The molecule has 176 valence electrons. The molecule has 0 saturated heterocycles. The summed E-state index contributed by atoms with van der Waals surface area (Å²) in [5.41, 5.74) is 7.84. The highest BCUT2D eigenvalue weighted by molar-refractivity contribution is 6.08. The van der Waals surface area contributed by atoms with Gasteiger partial charge in [-0.05, 0) is 36.8 Å². The van der Waals surface area contributed by atoms with Crippen molar-refractivity contribution in [3.63, 3.8) is 0 Å². The molecule has 1 atom stereocenters. The number of carbonyl (C=O) groups is 3. The number of anilines is 1. The topological polar surface area (TPSA) is 123 Å². The fraction of sp³-hybridized carbons (Fsp3) is 0.250. The third kappa shape index (κ3) is 4.56. The minimum Gasteiger partial charge on any atom is -0.496 e. The number of fused-ring (bicyclic) bond motifs is 1. The van der Waals surface area contributed by atoms with E-state index in [1.54, 1.807) is 45.1 Å². The van der Waals surface area contributed by atoms with Crippen LogP contribution in [-0.4, -0.2) is 58.8 Å². The van der Waals surface area contributed by atoms with Crippen molar-refractivity contribution in [2.45, 2.75) is 19.5 Å². The molecule has 3 N–H and O–H groups in total. The summed E-state index contributed by atoms with van der Waals surface area (Å²) in [5.74, 6) is -0.454. The number of primary amides is 1. The third-order valence-electron chi connectivity index (χ3n) is 5.71. The lowest BCUT2D eigenvalue weighted by Gasteiger charge is -2.29. The average molecular weight is 463 g/mol. The number of ether oxygens (including phenoxy) is 1. The van der Waals surface area contributed by atoms with E-state index >= 15 is 0 Å². The van der Waals surface area contributed by atoms with E-state index in [0.717, 1.165) is 11.3 Å². The van der Waals surface area contributed by atoms with Gasteiger partial charge in [0.25, 0.3) is 5.91 Å². The summed E-state index contributed by atoms with van der Waals surface area (Å²) in [6, 6.07) is 13.8. The van der Waals surface area contributed by atoms with Crippen molar-refractivity contribution in [3.05, 3.63) is 72.1 Å². The number of para-hydroxylation sites is 1. The molecule has 2 aromatic carbocycles. The Bertz CT molecular complexity index is 1210. The molecule has 1 aromatic heterocycles. The summed E-state index contributed by atoms with van der Waals surface area (Å²) in [5, 5.41) is 6.76. The van der Waals surface area contributed by atoms with Crippen LogP contribution < -0.4 is 20.7 Å². The normalized spacial score (nSPS) is 15.3. The van der Waals surface area contributed by atoms with Gasteiger partial charge in [0.1, 0.15) is 5.75 Å². The first-order valence-corrected chi connectivity index (χ1v) is 10.8. The molecule has 1 aliphatic heterocycles. The molecule has 0 radical (unpaired) electrons. The summed E-state index contributed by atoms with van der Waals surface area (Å²) in [6.07, 6.45) is 3.48. The number of hydrogen-bond acceptors (Lipinski definition) is 5. The van der Waals surface area contributed by atoms with Crippen molar-refractivity contribution in [2.75, 3.05) is 25.1 Å². The predicted octanol–water partition coefficient (Wildman–Crippen LogP) is 1.93. The monoisotopic (exact) mass is 462 g/mol. The summed E-state index contributed by atoms with van der Waals surface area (Å²) >= 11 is 0. The van der Waals surface area contributed by atoms with E-state index in [1.807, 2.05) is 37.3 Å². The number of nitrogens with two attached hydrogens (primary N) is 1. The molecule has 0 unspecified atom stereocenters. The smallest absolute Gasteiger partial charge is 0.318 e. The first kappa shape index (κ1) is 22.8. The Kier molecular flexibility index (Phi) is 6.48. The minimum absolute atomic E-state index is 0.248. The van der Waals surface area contributed by atoms with Crippen LogP contribution in [0.15, 0.2) is 60.9 Å². The Morgan fingerprint density at radius 2 is 1.97 bits per heavy atom. The molecular formula is C24H26N6O4. The lowest BCUT2D eigenvalue weighted by atomic mass is 10.1. The lowest BCUT2D eigenvalue weighted by molar-refractivity contribution is -0.117. The molecule has 4 amide bonds. The lowest BCUT2D eigenvalue weighted by Crippen LogP contribution is -2.49. The van der Waals surface area contributed by atoms with Crippen LogP contribution in [0.2, 0.25) is 0 Å². The average Bonchev–Trinajstić information content (AvgIpc) is 3.34. The fourth-order valence-corrected chi connectivity index (χ4v) is 4.00. The minimum atomic E-state index is -0.626. The van der Waals surface area contributed by atoms with Crippen LogP contribution in [0.4, 0.5) is 10.5 Å². The molecule has 4 rings (SSSR count). The molecule has 0 spiro atoms. The highest BCUT2D eigenvalue weighted by atomic mass is 16.5. The third-order valence-corrected chi connectivity index (χ3v) is 5.71. The molecule has 0 aliphatic carbocycles. The van der Waals surface area contributed by atoms with Crippen LogP contribution in [0.5, 0.6) is 5.75 Å². The molecule has 10 heteroatoms. The standard InChI is InChI=1S/C24H26N6O4/c1-16-14-29(20-7-4-3-6-17(20)15-28(16)24(33)26-13-22(25)31)23(32)19-9-8-18(12-21(19)34-2)30-11-5-10-27-30/h3-12,16H,13-15H2,1-2H3,(H2,25,31)(H,26,33)/t16-/m1/s1. The van der Waals surface area contributed by atoms with E-state index in [9.17, 15) is 14.4 Å². The number of aromatic nitrogens is 2. The van der Waals surface area contributed by atoms with Gasteiger partial charge in [-0.1, -0.05) is 18.2 Å². The summed E-state index contributed by atoms with van der Waals surface area (Å²) in [4.78, 5) is 40.9. The Morgan fingerprint density at radius 3 is 2.68 bits per heavy atom.